The Morgan fingerprint density at radius 1 is 0.714 bits per heavy atom. The van der Waals surface area contributed by atoms with Gasteiger partial charge in [0.25, 0.3) is 0 Å². The normalized spacial score (nSPS) is 22.2. The highest BCUT2D eigenvalue weighted by Gasteiger charge is 2.73. The van der Waals surface area contributed by atoms with Crippen molar-refractivity contribution in [3.8, 4) is 0 Å². The van der Waals surface area contributed by atoms with Crippen molar-refractivity contribution in [2.24, 2.45) is 0 Å². The van der Waals surface area contributed by atoms with Crippen LogP contribution in [0.4, 0.5) is 5.69 Å². The van der Waals surface area contributed by atoms with Gasteiger partial charge in [-0.2, -0.15) is 0 Å². The van der Waals surface area contributed by atoms with Crippen LogP contribution in [0.5, 0.6) is 0 Å². The topological polar surface area (TPSA) is 3.01 Å². The van der Waals surface area contributed by atoms with Crippen LogP contribution in [0, 0.1) is 0 Å². The first-order valence-corrected chi connectivity index (χ1v) is 13.3. The van der Waals surface area contributed by atoms with Gasteiger partial charge in [-0.1, -0.05) is 113 Å². The van der Waals surface area contributed by atoms with Crippen molar-refractivity contribution in [2.75, 3.05) is 4.90 Å². The van der Waals surface area contributed by atoms with Crippen molar-refractivity contribution in [1.82, 2.24) is 0 Å². The zero-order valence-electron chi connectivity index (χ0n) is 17.7. The van der Waals surface area contributed by atoms with E-state index in [-0.39, 0.29) is 10.2 Å². The summed E-state index contributed by atoms with van der Waals surface area (Å²) in [4.78, 5) is 2.70. The van der Waals surface area contributed by atoms with Gasteiger partial charge < -0.3 is 4.90 Å². The molecule has 2 heteroatoms. The Labute approximate surface area is 171 Å². The number of hydrogen-bond acceptors (Lipinski definition) is 1. The minimum absolute atomic E-state index is 0.0369. The summed E-state index contributed by atoms with van der Waals surface area (Å²) in [6.45, 7) is 12.5. The number of benzene rings is 3. The fourth-order valence-electron chi connectivity index (χ4n) is 4.82. The van der Waals surface area contributed by atoms with Crippen molar-refractivity contribution in [1.29, 1.82) is 0 Å². The van der Waals surface area contributed by atoms with Gasteiger partial charge in [0, 0.05) is 5.69 Å². The summed E-state index contributed by atoms with van der Waals surface area (Å²) in [5.74, 6) is 0. The molecule has 0 amide bonds. The number of hydrogen-bond donors (Lipinski definition) is 0. The van der Waals surface area contributed by atoms with Gasteiger partial charge in [-0.25, -0.2) is 0 Å². The molecule has 0 bridgehead atoms. The van der Waals surface area contributed by atoms with Crippen LogP contribution in [0.3, 0.4) is 0 Å². The average Bonchev–Trinajstić information content (AvgIpc) is 3.41. The number of rotatable bonds is 4. The molecule has 0 saturated carbocycles. The molecule has 1 fully saturated rings. The average molecular weight is 386 g/mol. The molecule has 0 spiro atoms. The third-order valence-corrected chi connectivity index (χ3v) is 13.6. The van der Waals surface area contributed by atoms with E-state index >= 15 is 0 Å². The number of anilines is 1. The third kappa shape index (κ3) is 2.66. The zero-order valence-corrected chi connectivity index (χ0v) is 18.7. The maximum atomic E-state index is 2.70. The van der Waals surface area contributed by atoms with E-state index < -0.39 is 8.07 Å². The number of para-hydroxylation sites is 1. The standard InChI is InChI=1S/C26H31NSi/c1-25(2,3)28(4,5)26(22-17-11-7-12-18-22)24(21-15-9-6-10-16-21)27(26)23-19-13-8-14-20-23/h6-20,24H,1-5H3/t24-,26+,27?/m0/s1. The quantitative estimate of drug-likeness (QED) is 0.339. The van der Waals surface area contributed by atoms with Crippen molar-refractivity contribution in [3.63, 3.8) is 0 Å². The third-order valence-electron chi connectivity index (χ3n) is 7.16. The molecule has 1 aliphatic heterocycles. The second-order valence-electron chi connectivity index (χ2n) is 9.53. The van der Waals surface area contributed by atoms with Gasteiger partial charge in [0.1, 0.15) is 0 Å². The van der Waals surface area contributed by atoms with Gasteiger partial charge in [-0.15, -0.1) is 0 Å². The first kappa shape index (κ1) is 19.0. The summed E-state index contributed by atoms with van der Waals surface area (Å²) in [5, 5.41) is 0.300. The molecule has 0 N–H and O–H groups in total. The van der Waals surface area contributed by atoms with E-state index in [0.717, 1.165) is 0 Å². The molecular formula is C26H31NSi. The summed E-state index contributed by atoms with van der Waals surface area (Å²) in [5.41, 5.74) is 4.20. The summed E-state index contributed by atoms with van der Waals surface area (Å²) >= 11 is 0. The van der Waals surface area contributed by atoms with Crippen molar-refractivity contribution in [2.45, 2.75) is 50.1 Å². The lowest BCUT2D eigenvalue weighted by Gasteiger charge is -2.44. The number of nitrogens with zero attached hydrogens (tertiary/aromatic N) is 1. The minimum Gasteiger partial charge on any atom is -0.353 e. The highest BCUT2D eigenvalue weighted by molar-refractivity contribution is 6.84. The van der Waals surface area contributed by atoms with Gasteiger partial charge in [0.05, 0.1) is 19.3 Å². The lowest BCUT2D eigenvalue weighted by Crippen LogP contribution is -2.53. The van der Waals surface area contributed by atoms with E-state index in [4.69, 9.17) is 0 Å². The highest BCUT2D eigenvalue weighted by Crippen LogP contribution is 2.69. The fraction of sp³-hybridized carbons (Fsp3) is 0.308. The fourth-order valence-corrected chi connectivity index (χ4v) is 8.63. The van der Waals surface area contributed by atoms with Crippen LogP contribution in [-0.4, -0.2) is 8.07 Å². The summed E-state index contributed by atoms with van der Waals surface area (Å²) in [7, 11) is -1.83. The lowest BCUT2D eigenvalue weighted by atomic mass is 10.0. The van der Waals surface area contributed by atoms with Crippen LogP contribution in [-0.2, 0) is 5.16 Å². The van der Waals surface area contributed by atoms with Crippen LogP contribution < -0.4 is 4.90 Å². The molecule has 0 radical (unpaired) electrons. The monoisotopic (exact) mass is 385 g/mol. The Bertz CT molecular complexity index is 881. The second kappa shape index (κ2) is 6.63. The van der Waals surface area contributed by atoms with Gasteiger partial charge >= 0.3 is 0 Å². The first-order valence-electron chi connectivity index (χ1n) is 10.3. The van der Waals surface area contributed by atoms with Gasteiger partial charge in [0.2, 0.25) is 0 Å². The molecule has 2 atom stereocenters. The predicted molar refractivity (Wildman–Crippen MR) is 123 cm³/mol. The molecule has 0 aliphatic carbocycles. The van der Waals surface area contributed by atoms with Crippen molar-refractivity contribution >= 4 is 13.8 Å². The molecule has 1 aliphatic rings. The van der Waals surface area contributed by atoms with Crippen LogP contribution in [0.25, 0.3) is 0 Å². The Hall–Kier alpha value is -2.32. The molecule has 28 heavy (non-hydrogen) atoms. The summed E-state index contributed by atoms with van der Waals surface area (Å²) in [6.07, 6.45) is 0. The largest absolute Gasteiger partial charge is 0.353 e. The molecular weight excluding hydrogens is 354 g/mol. The van der Waals surface area contributed by atoms with E-state index in [0.29, 0.717) is 6.04 Å². The summed E-state index contributed by atoms with van der Waals surface area (Å²) < 4.78 is 0. The Morgan fingerprint density at radius 3 is 1.68 bits per heavy atom. The molecule has 144 valence electrons. The molecule has 1 saturated heterocycles. The van der Waals surface area contributed by atoms with Crippen LogP contribution in [0.1, 0.15) is 37.9 Å². The molecule has 4 rings (SSSR count). The van der Waals surface area contributed by atoms with Gasteiger partial charge in [0.15, 0.2) is 0 Å². The molecule has 3 aromatic rings. The van der Waals surface area contributed by atoms with Crippen LogP contribution in [0.15, 0.2) is 91.0 Å². The molecule has 1 heterocycles. The zero-order chi connectivity index (χ0) is 20.0. The van der Waals surface area contributed by atoms with E-state index in [9.17, 15) is 0 Å². The smallest absolute Gasteiger partial charge is 0.0916 e. The van der Waals surface area contributed by atoms with Crippen molar-refractivity contribution < 1.29 is 0 Å². The first-order chi connectivity index (χ1) is 13.3. The highest BCUT2D eigenvalue weighted by atomic mass is 28.3. The Morgan fingerprint density at radius 2 is 1.18 bits per heavy atom. The summed E-state index contributed by atoms with van der Waals surface area (Å²) in [6, 6.07) is 33.7. The van der Waals surface area contributed by atoms with E-state index in [2.05, 4.69) is 130 Å². The molecule has 1 nitrogen and oxygen atoms in total. The maximum absolute atomic E-state index is 2.70. The Balaban J connectivity index is 2.00. The van der Waals surface area contributed by atoms with E-state index in [1.165, 1.54) is 16.8 Å². The molecule has 0 aromatic heterocycles. The molecule has 3 aromatic carbocycles. The molecule has 0 unspecified atom stereocenters. The SMILES string of the molecule is CC(C)(C)[Si](C)(C)[C@]1(c2ccccc2)[C@H](c2ccccc2)N1c1ccccc1. The van der Waals surface area contributed by atoms with Gasteiger partial charge in [-0.05, 0) is 28.3 Å². The predicted octanol–water partition coefficient (Wildman–Crippen LogP) is 7.19. The van der Waals surface area contributed by atoms with Crippen LogP contribution in [0.2, 0.25) is 18.1 Å². The maximum Gasteiger partial charge on any atom is 0.0916 e. The van der Waals surface area contributed by atoms with Gasteiger partial charge in [-0.3, -0.25) is 0 Å². The Kier molecular flexibility index (Phi) is 4.50. The van der Waals surface area contributed by atoms with Crippen LogP contribution >= 0.6 is 0 Å². The van der Waals surface area contributed by atoms with Crippen molar-refractivity contribution in [3.05, 3.63) is 102 Å². The minimum atomic E-state index is -1.83. The van der Waals surface area contributed by atoms with E-state index in [1.807, 2.05) is 0 Å². The lowest BCUT2D eigenvalue weighted by molar-refractivity contribution is 0.675. The second-order valence-corrected chi connectivity index (χ2v) is 15.0. The van der Waals surface area contributed by atoms with E-state index in [1.54, 1.807) is 0 Å².